The molecule has 0 unspecified atom stereocenters. The highest BCUT2D eigenvalue weighted by Gasteiger charge is 2.30. The van der Waals surface area contributed by atoms with Crippen LogP contribution >= 0.6 is 0 Å². The molecule has 3 N–H and O–H groups in total. The number of hydrogen-bond donors (Lipinski definition) is 3. The van der Waals surface area contributed by atoms with Crippen LogP contribution in [0.5, 0.6) is 0 Å². The summed E-state index contributed by atoms with van der Waals surface area (Å²) in [5.41, 5.74) is 4.48. The topological polar surface area (TPSA) is 105 Å². The molecule has 2 atom stereocenters. The molecule has 0 aliphatic heterocycles. The number of fused-ring (bicyclic) bond motifs is 3. The van der Waals surface area contributed by atoms with E-state index < -0.39 is 30.1 Å². The molecule has 2 amide bonds. The van der Waals surface area contributed by atoms with E-state index in [0.29, 0.717) is 12.3 Å². The van der Waals surface area contributed by atoms with Crippen molar-refractivity contribution in [1.29, 1.82) is 0 Å². The zero-order valence-corrected chi connectivity index (χ0v) is 19.5. The predicted molar refractivity (Wildman–Crippen MR) is 128 cm³/mol. The number of carboxylic acid groups (broad SMARTS) is 1. The van der Waals surface area contributed by atoms with Crippen molar-refractivity contribution in [3.05, 3.63) is 59.7 Å². The largest absolute Gasteiger partial charge is 0.480 e. The van der Waals surface area contributed by atoms with Gasteiger partial charge in [0.15, 0.2) is 0 Å². The molecule has 2 aliphatic carbocycles. The van der Waals surface area contributed by atoms with Gasteiger partial charge in [0.1, 0.15) is 18.7 Å². The molecular weight excluding hydrogens is 432 g/mol. The molecule has 0 heterocycles. The average molecular weight is 465 g/mol. The Labute approximate surface area is 199 Å². The maximum absolute atomic E-state index is 12.6. The number of ether oxygens (including phenoxy) is 1. The van der Waals surface area contributed by atoms with Crippen LogP contribution in [-0.2, 0) is 14.3 Å². The van der Waals surface area contributed by atoms with Crippen molar-refractivity contribution in [2.75, 3.05) is 6.61 Å². The smallest absolute Gasteiger partial charge is 0.407 e. The summed E-state index contributed by atoms with van der Waals surface area (Å²) in [5, 5.41) is 14.7. The van der Waals surface area contributed by atoms with Gasteiger partial charge in [0, 0.05) is 5.92 Å². The first-order valence-electron chi connectivity index (χ1n) is 12.1. The van der Waals surface area contributed by atoms with Gasteiger partial charge in [0.05, 0.1) is 0 Å². The molecule has 7 nitrogen and oxygen atoms in total. The van der Waals surface area contributed by atoms with E-state index in [-0.39, 0.29) is 12.5 Å². The molecule has 2 aliphatic rings. The second-order valence-corrected chi connectivity index (χ2v) is 9.33. The number of hydrogen-bond acceptors (Lipinski definition) is 4. The Morgan fingerprint density at radius 2 is 1.53 bits per heavy atom. The minimum atomic E-state index is -1.05. The molecule has 0 radical (unpaired) electrons. The van der Waals surface area contributed by atoms with E-state index in [9.17, 15) is 19.5 Å². The third-order valence-corrected chi connectivity index (χ3v) is 6.98. The van der Waals surface area contributed by atoms with Crippen LogP contribution in [0.25, 0.3) is 11.1 Å². The minimum Gasteiger partial charge on any atom is -0.480 e. The van der Waals surface area contributed by atoms with Gasteiger partial charge >= 0.3 is 12.1 Å². The van der Waals surface area contributed by atoms with E-state index in [4.69, 9.17) is 4.74 Å². The monoisotopic (exact) mass is 464 g/mol. The van der Waals surface area contributed by atoms with E-state index in [1.54, 1.807) is 0 Å². The summed E-state index contributed by atoms with van der Waals surface area (Å²) in [6.07, 6.45) is 5.08. The van der Waals surface area contributed by atoms with Gasteiger partial charge in [-0.2, -0.15) is 0 Å². The number of amides is 2. The number of benzene rings is 2. The number of aliphatic carboxylic acids is 1. The second kappa shape index (κ2) is 10.7. The van der Waals surface area contributed by atoms with Crippen LogP contribution in [0, 0.1) is 5.92 Å². The summed E-state index contributed by atoms with van der Waals surface area (Å²) in [6.45, 7) is 1.67. The molecule has 2 aromatic carbocycles. The van der Waals surface area contributed by atoms with Crippen LogP contribution in [0.1, 0.15) is 62.5 Å². The zero-order chi connectivity index (χ0) is 24.1. The summed E-state index contributed by atoms with van der Waals surface area (Å²) >= 11 is 0. The predicted octanol–water partition coefficient (Wildman–Crippen LogP) is 4.45. The number of rotatable bonds is 8. The van der Waals surface area contributed by atoms with Gasteiger partial charge in [-0.1, -0.05) is 80.6 Å². The van der Waals surface area contributed by atoms with Crippen LogP contribution in [0.2, 0.25) is 0 Å². The normalized spacial score (nSPS) is 17.2. The van der Waals surface area contributed by atoms with Gasteiger partial charge in [0.2, 0.25) is 5.91 Å². The van der Waals surface area contributed by atoms with Crippen LogP contribution in [0.3, 0.4) is 0 Å². The molecule has 0 bridgehead atoms. The first-order valence-corrected chi connectivity index (χ1v) is 12.1. The summed E-state index contributed by atoms with van der Waals surface area (Å²) in [7, 11) is 0. The second-order valence-electron chi connectivity index (χ2n) is 9.33. The maximum Gasteiger partial charge on any atom is 0.407 e. The van der Waals surface area contributed by atoms with Gasteiger partial charge in [0.25, 0.3) is 0 Å². The lowest BCUT2D eigenvalue weighted by atomic mass is 9.85. The Morgan fingerprint density at radius 3 is 2.12 bits per heavy atom. The average Bonchev–Trinajstić information content (AvgIpc) is 3.16. The zero-order valence-electron chi connectivity index (χ0n) is 19.5. The molecule has 0 aromatic heterocycles. The Balaban J connectivity index is 1.30. The van der Waals surface area contributed by atoms with Crippen molar-refractivity contribution in [3.8, 4) is 11.1 Å². The standard InChI is InChI=1S/C27H32N2O5/c1-17(25(30)29-24(26(31)32)15-18-9-3-2-4-10-18)28-27(33)34-16-23-21-13-7-5-11-19(21)20-12-6-8-14-22(20)23/h5-8,11-14,17-18,23-24H,2-4,9-10,15-16H2,1H3,(H,28,33)(H,29,30)(H,31,32)/t17-,24+/m0/s1. The van der Waals surface area contributed by atoms with E-state index in [2.05, 4.69) is 22.8 Å². The summed E-state index contributed by atoms with van der Waals surface area (Å²) < 4.78 is 5.49. The third-order valence-electron chi connectivity index (χ3n) is 6.98. The molecule has 34 heavy (non-hydrogen) atoms. The number of carbonyl (C=O) groups is 3. The van der Waals surface area contributed by atoms with E-state index in [1.807, 2.05) is 36.4 Å². The number of carbonyl (C=O) groups excluding carboxylic acids is 2. The van der Waals surface area contributed by atoms with Gasteiger partial charge < -0.3 is 20.5 Å². The van der Waals surface area contributed by atoms with Crippen molar-refractivity contribution in [3.63, 3.8) is 0 Å². The summed E-state index contributed by atoms with van der Waals surface area (Å²) in [4.78, 5) is 36.7. The van der Waals surface area contributed by atoms with Gasteiger partial charge in [-0.05, 0) is 41.5 Å². The number of nitrogens with one attached hydrogen (secondary N) is 2. The molecule has 180 valence electrons. The fourth-order valence-corrected chi connectivity index (χ4v) is 5.16. The first kappa shape index (κ1) is 23.8. The Morgan fingerprint density at radius 1 is 0.941 bits per heavy atom. The van der Waals surface area contributed by atoms with Gasteiger partial charge in [-0.25, -0.2) is 9.59 Å². The van der Waals surface area contributed by atoms with Crippen molar-refractivity contribution < 1.29 is 24.2 Å². The summed E-state index contributed by atoms with van der Waals surface area (Å²) in [6, 6.07) is 14.2. The highest BCUT2D eigenvalue weighted by atomic mass is 16.5. The SMILES string of the molecule is C[C@H](NC(=O)OCC1c2ccccc2-c2ccccc21)C(=O)N[C@H](CC1CCCCC1)C(=O)O. The lowest BCUT2D eigenvalue weighted by molar-refractivity contribution is -0.142. The van der Waals surface area contributed by atoms with Crippen molar-refractivity contribution in [2.45, 2.75) is 63.5 Å². The third kappa shape index (κ3) is 5.41. The van der Waals surface area contributed by atoms with E-state index in [1.165, 1.54) is 13.3 Å². The minimum absolute atomic E-state index is 0.0748. The molecule has 0 spiro atoms. The highest BCUT2D eigenvalue weighted by molar-refractivity contribution is 5.89. The molecule has 2 aromatic rings. The molecular formula is C27H32N2O5. The van der Waals surface area contributed by atoms with E-state index in [0.717, 1.165) is 47.9 Å². The van der Waals surface area contributed by atoms with Crippen molar-refractivity contribution in [1.82, 2.24) is 10.6 Å². The highest BCUT2D eigenvalue weighted by Crippen LogP contribution is 2.44. The fraction of sp³-hybridized carbons (Fsp3) is 0.444. The first-order chi connectivity index (χ1) is 16.4. The quantitative estimate of drug-likeness (QED) is 0.535. The lowest BCUT2D eigenvalue weighted by Gasteiger charge is -2.26. The van der Waals surface area contributed by atoms with Crippen molar-refractivity contribution >= 4 is 18.0 Å². The molecule has 1 saturated carbocycles. The molecule has 4 rings (SSSR count). The van der Waals surface area contributed by atoms with Gasteiger partial charge in [-0.3, -0.25) is 4.79 Å². The lowest BCUT2D eigenvalue weighted by Crippen LogP contribution is -2.51. The Kier molecular flexibility index (Phi) is 7.50. The number of alkyl carbamates (subject to hydrolysis) is 1. The Hall–Kier alpha value is -3.35. The van der Waals surface area contributed by atoms with Crippen LogP contribution in [0.4, 0.5) is 4.79 Å². The van der Waals surface area contributed by atoms with Gasteiger partial charge in [-0.15, -0.1) is 0 Å². The fourth-order valence-electron chi connectivity index (χ4n) is 5.16. The number of carboxylic acids is 1. The molecule has 7 heteroatoms. The van der Waals surface area contributed by atoms with Crippen LogP contribution in [-0.4, -0.2) is 41.8 Å². The molecule has 0 saturated heterocycles. The Bertz CT molecular complexity index is 1000. The van der Waals surface area contributed by atoms with E-state index >= 15 is 0 Å². The van der Waals surface area contributed by atoms with Crippen molar-refractivity contribution in [2.24, 2.45) is 5.92 Å². The van der Waals surface area contributed by atoms with Crippen LogP contribution < -0.4 is 10.6 Å². The summed E-state index contributed by atoms with van der Waals surface area (Å²) in [5.74, 6) is -1.35. The maximum atomic E-state index is 12.6. The molecule has 1 fully saturated rings. The van der Waals surface area contributed by atoms with Crippen LogP contribution in [0.15, 0.2) is 48.5 Å².